The average Bonchev–Trinajstić information content (AvgIpc) is 2.30. The van der Waals surface area contributed by atoms with Gasteiger partial charge in [-0.05, 0) is 43.5 Å². The van der Waals surface area contributed by atoms with E-state index < -0.39 is 5.97 Å². The van der Waals surface area contributed by atoms with Gasteiger partial charge in [0.1, 0.15) is 0 Å². The van der Waals surface area contributed by atoms with Gasteiger partial charge in [0.15, 0.2) is 0 Å². The Morgan fingerprint density at radius 3 is 2.50 bits per heavy atom. The van der Waals surface area contributed by atoms with Crippen LogP contribution in [0.4, 0.5) is 5.69 Å². The number of carbonyl (C=O) groups is 2. The van der Waals surface area contributed by atoms with Gasteiger partial charge in [0, 0.05) is 12.1 Å². The number of hydrogen-bond acceptors (Lipinski definition) is 2. The van der Waals surface area contributed by atoms with E-state index >= 15 is 0 Å². The number of rotatable bonds is 5. The van der Waals surface area contributed by atoms with Crippen molar-refractivity contribution in [3.8, 4) is 0 Å². The van der Waals surface area contributed by atoms with Crippen molar-refractivity contribution in [2.75, 3.05) is 5.32 Å². The minimum atomic E-state index is -0.972. The number of amides is 1. The Kier molecular flexibility index (Phi) is 4.89. The number of carbonyl (C=O) groups excluding carboxylic acids is 1. The summed E-state index contributed by atoms with van der Waals surface area (Å²) in [6, 6.07) is 3.31. The maximum atomic E-state index is 11.6. The maximum absolute atomic E-state index is 11.6. The third kappa shape index (κ3) is 3.58. The molecule has 0 fully saturated rings. The van der Waals surface area contributed by atoms with Gasteiger partial charge in [-0.3, -0.25) is 4.79 Å². The third-order valence-corrected chi connectivity index (χ3v) is 2.94. The van der Waals surface area contributed by atoms with Gasteiger partial charge >= 0.3 is 5.97 Å². The molecule has 0 aliphatic carbocycles. The van der Waals surface area contributed by atoms with Crippen molar-refractivity contribution < 1.29 is 14.7 Å². The predicted molar refractivity (Wildman–Crippen MR) is 71.0 cm³/mol. The summed E-state index contributed by atoms with van der Waals surface area (Å²) >= 11 is 0. The Hall–Kier alpha value is -1.84. The first-order valence-corrected chi connectivity index (χ1v) is 6.10. The van der Waals surface area contributed by atoms with Gasteiger partial charge in [0.2, 0.25) is 5.91 Å². The molecule has 0 saturated heterocycles. The van der Waals surface area contributed by atoms with Crippen LogP contribution in [0.25, 0.3) is 0 Å². The second-order valence-electron chi connectivity index (χ2n) is 4.42. The van der Waals surface area contributed by atoms with Gasteiger partial charge in [-0.25, -0.2) is 4.79 Å². The first-order valence-electron chi connectivity index (χ1n) is 6.10. The number of aromatic carboxylic acids is 1. The highest BCUT2D eigenvalue weighted by Gasteiger charge is 2.12. The van der Waals surface area contributed by atoms with Crippen LogP contribution in [0.2, 0.25) is 0 Å². The minimum Gasteiger partial charge on any atom is -0.478 e. The molecule has 1 aromatic carbocycles. The smallest absolute Gasteiger partial charge is 0.336 e. The normalized spacial score (nSPS) is 10.2. The van der Waals surface area contributed by atoms with E-state index in [0.717, 1.165) is 24.0 Å². The predicted octanol–water partition coefficient (Wildman–Crippen LogP) is 3.13. The summed E-state index contributed by atoms with van der Waals surface area (Å²) in [4.78, 5) is 22.7. The molecule has 18 heavy (non-hydrogen) atoms. The van der Waals surface area contributed by atoms with Gasteiger partial charge in [-0.1, -0.05) is 13.3 Å². The van der Waals surface area contributed by atoms with Crippen molar-refractivity contribution in [3.05, 3.63) is 28.8 Å². The van der Waals surface area contributed by atoms with E-state index in [9.17, 15) is 9.59 Å². The molecule has 0 aliphatic rings. The molecule has 1 aromatic rings. The van der Waals surface area contributed by atoms with Crippen molar-refractivity contribution in [2.45, 2.75) is 40.0 Å². The largest absolute Gasteiger partial charge is 0.478 e. The standard InChI is InChI=1S/C14H19NO3/c1-4-5-6-13(16)15-11-7-9(2)10(3)12(8-11)14(17)18/h7-8H,4-6H2,1-3H3,(H,15,16)(H,17,18). The van der Waals surface area contributed by atoms with E-state index in [2.05, 4.69) is 5.32 Å². The van der Waals surface area contributed by atoms with E-state index in [4.69, 9.17) is 5.11 Å². The van der Waals surface area contributed by atoms with Crippen molar-refractivity contribution in [2.24, 2.45) is 0 Å². The summed E-state index contributed by atoms with van der Waals surface area (Å²) in [5.41, 5.74) is 2.38. The quantitative estimate of drug-likeness (QED) is 0.842. The van der Waals surface area contributed by atoms with Crippen LogP contribution in [0.1, 0.15) is 47.7 Å². The molecule has 0 heterocycles. The van der Waals surface area contributed by atoms with Crippen LogP contribution in [0.3, 0.4) is 0 Å². The number of hydrogen-bond donors (Lipinski definition) is 2. The van der Waals surface area contributed by atoms with Crippen molar-refractivity contribution in [1.29, 1.82) is 0 Å². The van der Waals surface area contributed by atoms with Crippen LogP contribution in [0.5, 0.6) is 0 Å². The highest BCUT2D eigenvalue weighted by atomic mass is 16.4. The molecule has 0 unspecified atom stereocenters. The van der Waals surface area contributed by atoms with E-state index in [1.165, 1.54) is 6.07 Å². The van der Waals surface area contributed by atoms with Crippen LogP contribution in [-0.4, -0.2) is 17.0 Å². The Morgan fingerprint density at radius 2 is 1.94 bits per heavy atom. The molecule has 1 rings (SSSR count). The second-order valence-corrected chi connectivity index (χ2v) is 4.42. The maximum Gasteiger partial charge on any atom is 0.336 e. The number of anilines is 1. The molecule has 0 aliphatic heterocycles. The molecule has 0 radical (unpaired) electrons. The zero-order chi connectivity index (χ0) is 13.7. The third-order valence-electron chi connectivity index (χ3n) is 2.94. The van der Waals surface area contributed by atoms with Gasteiger partial charge in [0.05, 0.1) is 5.56 Å². The fourth-order valence-electron chi connectivity index (χ4n) is 1.71. The first-order chi connectivity index (χ1) is 8.45. The number of aryl methyl sites for hydroxylation is 1. The molecular weight excluding hydrogens is 230 g/mol. The topological polar surface area (TPSA) is 66.4 Å². The molecule has 0 saturated carbocycles. The van der Waals surface area contributed by atoms with E-state index in [1.807, 2.05) is 13.8 Å². The number of carboxylic acid groups (broad SMARTS) is 1. The van der Waals surface area contributed by atoms with E-state index in [0.29, 0.717) is 12.1 Å². The van der Waals surface area contributed by atoms with Gasteiger partial charge < -0.3 is 10.4 Å². The van der Waals surface area contributed by atoms with Crippen molar-refractivity contribution >= 4 is 17.6 Å². The fraction of sp³-hybridized carbons (Fsp3) is 0.429. The zero-order valence-corrected chi connectivity index (χ0v) is 11.0. The molecule has 4 heteroatoms. The lowest BCUT2D eigenvalue weighted by Gasteiger charge is -2.10. The molecule has 0 spiro atoms. The molecule has 0 aromatic heterocycles. The molecular formula is C14H19NO3. The Morgan fingerprint density at radius 1 is 1.28 bits per heavy atom. The molecule has 1 amide bonds. The monoisotopic (exact) mass is 249 g/mol. The van der Waals surface area contributed by atoms with Crippen LogP contribution in [-0.2, 0) is 4.79 Å². The minimum absolute atomic E-state index is 0.0727. The van der Waals surface area contributed by atoms with Crippen LogP contribution >= 0.6 is 0 Å². The molecule has 0 bridgehead atoms. The first kappa shape index (κ1) is 14.2. The molecule has 98 valence electrons. The number of carboxylic acids is 1. The Labute approximate surface area is 107 Å². The van der Waals surface area contributed by atoms with Gasteiger partial charge in [-0.15, -0.1) is 0 Å². The molecule has 0 atom stereocenters. The van der Waals surface area contributed by atoms with Gasteiger partial charge in [-0.2, -0.15) is 0 Å². The highest BCUT2D eigenvalue weighted by Crippen LogP contribution is 2.20. The molecule has 4 nitrogen and oxygen atoms in total. The van der Waals surface area contributed by atoms with E-state index in [-0.39, 0.29) is 11.5 Å². The SMILES string of the molecule is CCCCC(=O)Nc1cc(C)c(C)c(C(=O)O)c1. The van der Waals surface area contributed by atoms with Crippen molar-refractivity contribution in [3.63, 3.8) is 0 Å². The highest BCUT2D eigenvalue weighted by molar-refractivity contribution is 5.95. The van der Waals surface area contributed by atoms with Crippen molar-refractivity contribution in [1.82, 2.24) is 0 Å². The van der Waals surface area contributed by atoms with E-state index in [1.54, 1.807) is 13.0 Å². The summed E-state index contributed by atoms with van der Waals surface area (Å²) in [6.45, 7) is 5.62. The Balaban J connectivity index is 2.90. The molecule has 2 N–H and O–H groups in total. The summed E-state index contributed by atoms with van der Waals surface area (Å²) < 4.78 is 0. The second kappa shape index (κ2) is 6.19. The Bertz CT molecular complexity index is 466. The lowest BCUT2D eigenvalue weighted by atomic mass is 10.0. The van der Waals surface area contributed by atoms with Gasteiger partial charge in [0.25, 0.3) is 0 Å². The lowest BCUT2D eigenvalue weighted by Crippen LogP contribution is -2.12. The number of nitrogens with one attached hydrogen (secondary N) is 1. The number of benzene rings is 1. The van der Waals surface area contributed by atoms with Crippen LogP contribution in [0.15, 0.2) is 12.1 Å². The summed E-state index contributed by atoms with van der Waals surface area (Å²) in [6.07, 6.45) is 2.26. The van der Waals surface area contributed by atoms with Crippen LogP contribution in [0, 0.1) is 13.8 Å². The number of unbranched alkanes of at least 4 members (excludes halogenated alkanes) is 1. The summed E-state index contributed by atoms with van der Waals surface area (Å²) in [7, 11) is 0. The summed E-state index contributed by atoms with van der Waals surface area (Å²) in [5, 5.41) is 11.8. The lowest BCUT2D eigenvalue weighted by molar-refractivity contribution is -0.116. The average molecular weight is 249 g/mol. The summed E-state index contributed by atoms with van der Waals surface area (Å²) in [5.74, 6) is -1.04. The zero-order valence-electron chi connectivity index (χ0n) is 11.0. The van der Waals surface area contributed by atoms with Crippen LogP contribution < -0.4 is 5.32 Å². The fourth-order valence-corrected chi connectivity index (χ4v) is 1.71.